The minimum absolute atomic E-state index is 0.0309. The number of aliphatic hydroxyl groups is 3. The largest absolute Gasteiger partial charge is 0.481 e. The second kappa shape index (κ2) is 7.49. The Hall–Kier alpha value is -0.650. The third kappa shape index (κ3) is 3.36. The van der Waals surface area contributed by atoms with E-state index in [0.717, 1.165) is 44.9 Å². The molecule has 0 aromatic heterocycles. The quantitative estimate of drug-likeness (QED) is 0.571. The molecule has 0 unspecified atom stereocenters. The lowest BCUT2D eigenvalue weighted by Gasteiger charge is -2.62. The monoisotopic (exact) mass is 408 g/mol. The van der Waals surface area contributed by atoms with Crippen molar-refractivity contribution in [3.63, 3.8) is 0 Å². The van der Waals surface area contributed by atoms with E-state index in [1.807, 2.05) is 0 Å². The zero-order chi connectivity index (χ0) is 21.1. The van der Waals surface area contributed by atoms with Crippen LogP contribution in [0.2, 0.25) is 0 Å². The van der Waals surface area contributed by atoms with Crippen LogP contribution in [0.5, 0.6) is 0 Å². The van der Waals surface area contributed by atoms with Gasteiger partial charge in [0.25, 0.3) is 0 Å². The highest BCUT2D eigenvalue weighted by molar-refractivity contribution is 5.66. The van der Waals surface area contributed by atoms with Crippen molar-refractivity contribution in [2.24, 2.45) is 46.3 Å². The maximum absolute atomic E-state index is 11.3. The lowest BCUT2D eigenvalue weighted by atomic mass is 9.43. The number of rotatable bonds is 4. The SMILES string of the molecule is C[C@H](CCC(=O)O)[C@H]1C[C@@H](O)[C@H]2[C@@H]3[C@H](O)C[C@@H]4C[C@H](O)CC[C@]4(C)[C@H]3CC[C@@]21C. The molecular weight excluding hydrogens is 368 g/mol. The lowest BCUT2D eigenvalue weighted by Crippen LogP contribution is -2.60. The van der Waals surface area contributed by atoms with Gasteiger partial charge in [-0.1, -0.05) is 20.8 Å². The molecule has 0 bridgehead atoms. The first-order valence-electron chi connectivity index (χ1n) is 11.8. The van der Waals surface area contributed by atoms with Crippen LogP contribution in [0.15, 0.2) is 0 Å². The summed E-state index contributed by atoms with van der Waals surface area (Å²) in [5.41, 5.74) is 0.119. The molecule has 4 rings (SSSR count). The van der Waals surface area contributed by atoms with Crippen LogP contribution in [-0.4, -0.2) is 44.7 Å². The van der Waals surface area contributed by atoms with Crippen molar-refractivity contribution in [1.82, 2.24) is 0 Å². The van der Waals surface area contributed by atoms with E-state index in [1.165, 1.54) is 0 Å². The number of hydrogen-bond donors (Lipinski definition) is 4. The number of fused-ring (bicyclic) bond motifs is 5. The van der Waals surface area contributed by atoms with Crippen LogP contribution >= 0.6 is 0 Å². The van der Waals surface area contributed by atoms with E-state index in [0.29, 0.717) is 24.2 Å². The average molecular weight is 409 g/mol. The average Bonchev–Trinajstić information content (AvgIpc) is 2.92. The van der Waals surface area contributed by atoms with E-state index in [1.54, 1.807) is 0 Å². The van der Waals surface area contributed by atoms with E-state index in [-0.39, 0.29) is 41.1 Å². The molecular formula is C24H40O5. The van der Waals surface area contributed by atoms with Gasteiger partial charge in [0.2, 0.25) is 0 Å². The minimum atomic E-state index is -0.748. The maximum atomic E-state index is 11.3. The highest BCUT2D eigenvalue weighted by atomic mass is 16.4. The first-order chi connectivity index (χ1) is 13.6. The van der Waals surface area contributed by atoms with E-state index >= 15 is 0 Å². The number of carboxylic acids is 1. The van der Waals surface area contributed by atoms with Gasteiger partial charge < -0.3 is 20.4 Å². The Kier molecular flexibility index (Phi) is 5.57. The van der Waals surface area contributed by atoms with E-state index < -0.39 is 18.2 Å². The summed E-state index contributed by atoms with van der Waals surface area (Å²) in [4.78, 5) is 11.1. The standard InChI is InChI=1S/C24H40O5/c1-13(4-5-20(28)29)17-12-19(27)22-21-16(7-9-24(17,22)3)23(2)8-6-15(25)10-14(23)11-18(21)26/h13-19,21-22,25-27H,4-12H2,1-3H3,(H,28,29)/t13-,14+,15-,16+,17-,18-,19-,21+,22+,23+,24-/m1/s1. The Bertz CT molecular complexity index is 637. The molecule has 0 amide bonds. The van der Waals surface area contributed by atoms with Crippen LogP contribution in [0.4, 0.5) is 0 Å². The zero-order valence-electron chi connectivity index (χ0n) is 18.3. The molecule has 4 saturated carbocycles. The molecule has 5 nitrogen and oxygen atoms in total. The second-order valence-electron chi connectivity index (χ2n) is 11.5. The molecule has 0 spiro atoms. The van der Waals surface area contributed by atoms with Gasteiger partial charge in [0, 0.05) is 6.42 Å². The molecule has 4 N–H and O–H groups in total. The van der Waals surface area contributed by atoms with Gasteiger partial charge in [-0.2, -0.15) is 0 Å². The van der Waals surface area contributed by atoms with Crippen molar-refractivity contribution in [3.8, 4) is 0 Å². The summed E-state index contributed by atoms with van der Waals surface area (Å²) in [6.07, 6.45) is 6.07. The predicted octanol–water partition coefficient (Wildman–Crippen LogP) is 3.45. The van der Waals surface area contributed by atoms with Crippen LogP contribution in [0, 0.1) is 46.3 Å². The fourth-order valence-electron chi connectivity index (χ4n) is 8.73. The number of aliphatic carboxylic acids is 1. The first-order valence-corrected chi connectivity index (χ1v) is 11.8. The summed E-state index contributed by atoms with van der Waals surface area (Å²) in [7, 11) is 0. The Morgan fingerprint density at radius 3 is 2.38 bits per heavy atom. The Morgan fingerprint density at radius 1 is 1.00 bits per heavy atom. The molecule has 0 heterocycles. The fourth-order valence-corrected chi connectivity index (χ4v) is 8.73. The van der Waals surface area contributed by atoms with Gasteiger partial charge in [-0.15, -0.1) is 0 Å². The van der Waals surface area contributed by atoms with Gasteiger partial charge >= 0.3 is 5.97 Å². The van der Waals surface area contributed by atoms with E-state index in [9.17, 15) is 20.1 Å². The van der Waals surface area contributed by atoms with Crippen molar-refractivity contribution >= 4 is 5.97 Å². The van der Waals surface area contributed by atoms with Gasteiger partial charge in [0.15, 0.2) is 0 Å². The molecule has 0 aromatic carbocycles. The summed E-state index contributed by atoms with van der Waals surface area (Å²) < 4.78 is 0. The summed E-state index contributed by atoms with van der Waals surface area (Å²) >= 11 is 0. The summed E-state index contributed by atoms with van der Waals surface area (Å²) in [6.45, 7) is 6.83. The zero-order valence-corrected chi connectivity index (χ0v) is 18.3. The highest BCUT2D eigenvalue weighted by Gasteiger charge is 2.65. The summed E-state index contributed by atoms with van der Waals surface area (Å²) in [6, 6.07) is 0. The van der Waals surface area contributed by atoms with Crippen LogP contribution in [-0.2, 0) is 4.79 Å². The van der Waals surface area contributed by atoms with Crippen molar-refractivity contribution in [3.05, 3.63) is 0 Å². The third-order valence-electron chi connectivity index (χ3n) is 10.2. The normalized spacial score (nSPS) is 52.9. The minimum Gasteiger partial charge on any atom is -0.481 e. The van der Waals surface area contributed by atoms with Gasteiger partial charge in [0.1, 0.15) is 0 Å². The Balaban J connectivity index is 1.60. The van der Waals surface area contributed by atoms with Crippen LogP contribution in [0.1, 0.15) is 78.6 Å². The number of carbonyl (C=O) groups is 1. The Labute approximate surface area is 174 Å². The smallest absolute Gasteiger partial charge is 0.303 e. The van der Waals surface area contributed by atoms with E-state index in [2.05, 4.69) is 20.8 Å². The summed E-state index contributed by atoms with van der Waals surface area (Å²) in [5.74, 6) is 0.826. The molecule has 0 saturated heterocycles. The topological polar surface area (TPSA) is 98.0 Å². The van der Waals surface area contributed by atoms with Crippen LogP contribution < -0.4 is 0 Å². The van der Waals surface area contributed by atoms with E-state index in [4.69, 9.17) is 5.11 Å². The highest BCUT2D eigenvalue weighted by Crippen LogP contribution is 2.68. The molecule has 0 aromatic rings. The molecule has 0 radical (unpaired) electrons. The second-order valence-corrected chi connectivity index (χ2v) is 11.5. The van der Waals surface area contributed by atoms with Gasteiger partial charge in [-0.3, -0.25) is 4.79 Å². The lowest BCUT2D eigenvalue weighted by molar-refractivity contribution is -0.185. The molecule has 29 heavy (non-hydrogen) atoms. The molecule has 4 aliphatic carbocycles. The van der Waals surface area contributed by atoms with Crippen molar-refractivity contribution in [2.75, 3.05) is 0 Å². The number of carboxylic acid groups (broad SMARTS) is 1. The van der Waals surface area contributed by atoms with Gasteiger partial charge in [-0.25, -0.2) is 0 Å². The van der Waals surface area contributed by atoms with Gasteiger partial charge in [0.05, 0.1) is 18.3 Å². The molecule has 0 aliphatic heterocycles. The number of hydrogen-bond acceptors (Lipinski definition) is 4. The molecule has 11 atom stereocenters. The maximum Gasteiger partial charge on any atom is 0.303 e. The summed E-state index contributed by atoms with van der Waals surface area (Å²) in [5, 5.41) is 41.8. The molecule has 166 valence electrons. The van der Waals surface area contributed by atoms with Crippen LogP contribution in [0.25, 0.3) is 0 Å². The molecule has 5 heteroatoms. The predicted molar refractivity (Wildman–Crippen MR) is 110 cm³/mol. The van der Waals surface area contributed by atoms with Crippen LogP contribution in [0.3, 0.4) is 0 Å². The fraction of sp³-hybridized carbons (Fsp3) is 0.958. The number of aliphatic hydroxyl groups excluding tert-OH is 3. The van der Waals surface area contributed by atoms with Crippen molar-refractivity contribution in [2.45, 2.75) is 96.9 Å². The third-order valence-corrected chi connectivity index (χ3v) is 10.2. The molecule has 4 fully saturated rings. The van der Waals surface area contributed by atoms with Gasteiger partial charge in [-0.05, 0) is 97.7 Å². The van der Waals surface area contributed by atoms with Crippen molar-refractivity contribution in [1.29, 1.82) is 0 Å². The van der Waals surface area contributed by atoms with Crippen molar-refractivity contribution < 1.29 is 25.2 Å². The first kappa shape index (κ1) is 21.6. The molecule has 4 aliphatic rings. The Morgan fingerprint density at radius 2 is 1.69 bits per heavy atom.